The van der Waals surface area contributed by atoms with E-state index in [0.29, 0.717) is 21.9 Å². The summed E-state index contributed by atoms with van der Waals surface area (Å²) in [6, 6.07) is 10.6. The van der Waals surface area contributed by atoms with Gasteiger partial charge in [0.25, 0.3) is 5.91 Å². The van der Waals surface area contributed by atoms with Crippen molar-refractivity contribution in [1.82, 2.24) is 19.1 Å². The highest BCUT2D eigenvalue weighted by Gasteiger charge is 2.31. The third-order valence-electron chi connectivity index (χ3n) is 6.52. The largest absolute Gasteiger partial charge is 0.450 e. The third-order valence-corrected chi connectivity index (χ3v) is 10.6. The molecule has 2 aromatic carbocycles. The first-order chi connectivity index (χ1) is 19.3. The number of carbonyl (C=O) groups is 2. The van der Waals surface area contributed by atoms with Crippen molar-refractivity contribution < 1.29 is 31.2 Å². The number of hydrogen-bond donors (Lipinski definition) is 0. The van der Waals surface area contributed by atoms with Crippen molar-refractivity contribution in [2.24, 2.45) is 0 Å². The number of aromatic nitrogens is 1. The lowest BCUT2D eigenvalue weighted by atomic mass is 10.2. The normalized spacial score (nSPS) is 14.9. The summed E-state index contributed by atoms with van der Waals surface area (Å²) >= 11 is 1.21. The van der Waals surface area contributed by atoms with Crippen molar-refractivity contribution in [3.63, 3.8) is 0 Å². The summed E-state index contributed by atoms with van der Waals surface area (Å²) in [5, 5.41) is 0.346. The zero-order valence-electron chi connectivity index (χ0n) is 23.3. The van der Waals surface area contributed by atoms with Crippen LogP contribution in [0.15, 0.2) is 52.3 Å². The summed E-state index contributed by atoms with van der Waals surface area (Å²) in [6.07, 6.45) is 0.651. The van der Waals surface area contributed by atoms with E-state index in [1.807, 2.05) is 19.0 Å². The van der Waals surface area contributed by atoms with Gasteiger partial charge in [-0.1, -0.05) is 17.4 Å². The Hall–Kier alpha value is -3.11. The maximum atomic E-state index is 13.7. The fourth-order valence-corrected chi connectivity index (χ4v) is 7.65. The predicted molar refractivity (Wildman–Crippen MR) is 157 cm³/mol. The first-order valence-corrected chi connectivity index (χ1v) is 17.1. The van der Waals surface area contributed by atoms with Crippen LogP contribution in [0.3, 0.4) is 0 Å². The van der Waals surface area contributed by atoms with Crippen LogP contribution < -0.4 is 4.90 Å². The van der Waals surface area contributed by atoms with Gasteiger partial charge in [-0.2, -0.15) is 4.31 Å². The summed E-state index contributed by atoms with van der Waals surface area (Å²) in [5.41, 5.74) is 0.569. The van der Waals surface area contributed by atoms with E-state index in [1.54, 1.807) is 19.1 Å². The second-order valence-electron chi connectivity index (χ2n) is 9.75. The summed E-state index contributed by atoms with van der Waals surface area (Å²) < 4.78 is 58.0. The lowest BCUT2D eigenvalue weighted by molar-refractivity contribution is 0.0933. The molecule has 1 aromatic heterocycles. The number of para-hydroxylation sites is 1. The molecule has 0 atom stereocenters. The number of piperazine rings is 1. The highest BCUT2D eigenvalue weighted by atomic mass is 32.2. The number of ether oxygens (including phenoxy) is 1. The van der Waals surface area contributed by atoms with Gasteiger partial charge in [0.2, 0.25) is 10.0 Å². The van der Waals surface area contributed by atoms with Gasteiger partial charge >= 0.3 is 6.09 Å². The van der Waals surface area contributed by atoms with E-state index in [-0.39, 0.29) is 60.6 Å². The van der Waals surface area contributed by atoms with E-state index in [0.717, 1.165) is 6.26 Å². The first kappa shape index (κ1) is 30.8. The molecule has 1 fully saturated rings. The number of nitrogens with zero attached hydrogens (tertiary/aromatic N) is 5. The van der Waals surface area contributed by atoms with Crippen LogP contribution in [-0.2, 0) is 24.6 Å². The lowest BCUT2D eigenvalue weighted by Crippen LogP contribution is -2.50. The van der Waals surface area contributed by atoms with E-state index in [2.05, 4.69) is 4.98 Å². The fourth-order valence-electron chi connectivity index (χ4n) is 4.31. The fraction of sp³-hybridized carbons (Fsp3) is 0.423. The Morgan fingerprint density at radius 1 is 0.976 bits per heavy atom. The molecule has 4 rings (SSSR count). The van der Waals surface area contributed by atoms with E-state index < -0.39 is 26.0 Å². The maximum absolute atomic E-state index is 13.7. The zero-order chi connectivity index (χ0) is 29.9. The number of anilines is 1. The molecule has 0 saturated carbocycles. The minimum absolute atomic E-state index is 0.0382. The Morgan fingerprint density at radius 3 is 2.22 bits per heavy atom. The number of amides is 2. The molecule has 15 heteroatoms. The van der Waals surface area contributed by atoms with Crippen LogP contribution in [0, 0.1) is 0 Å². The van der Waals surface area contributed by atoms with Gasteiger partial charge < -0.3 is 14.5 Å². The molecule has 41 heavy (non-hydrogen) atoms. The molecule has 1 saturated heterocycles. The summed E-state index contributed by atoms with van der Waals surface area (Å²) in [5.74, 6) is -0.390. The van der Waals surface area contributed by atoms with Crippen molar-refractivity contribution in [2.75, 3.05) is 71.1 Å². The molecule has 0 unspecified atom stereocenters. The molecule has 3 aromatic rings. The van der Waals surface area contributed by atoms with Crippen LogP contribution in [-0.4, -0.2) is 114 Å². The van der Waals surface area contributed by atoms with Crippen molar-refractivity contribution in [2.45, 2.75) is 16.7 Å². The highest BCUT2D eigenvalue weighted by molar-refractivity contribution is 7.91. The monoisotopic (exact) mass is 623 g/mol. The van der Waals surface area contributed by atoms with E-state index in [9.17, 15) is 26.4 Å². The van der Waals surface area contributed by atoms with Crippen molar-refractivity contribution >= 4 is 58.5 Å². The Labute approximate surface area is 244 Å². The van der Waals surface area contributed by atoms with Crippen LogP contribution in [0.5, 0.6) is 0 Å². The van der Waals surface area contributed by atoms with Gasteiger partial charge in [0.15, 0.2) is 15.0 Å². The Kier molecular flexibility index (Phi) is 9.33. The quantitative estimate of drug-likeness (QED) is 0.352. The second kappa shape index (κ2) is 12.4. The van der Waals surface area contributed by atoms with Gasteiger partial charge in [-0.05, 0) is 57.4 Å². The number of likely N-dealkylation sites (N-methyl/N-ethyl adjacent to an activating group) is 1. The molecule has 2 amide bonds. The number of carbonyl (C=O) groups excluding carboxylic acids is 2. The average Bonchev–Trinajstić information content (AvgIpc) is 3.36. The molecule has 12 nitrogen and oxygen atoms in total. The summed E-state index contributed by atoms with van der Waals surface area (Å²) in [6.45, 7) is 3.46. The minimum atomic E-state index is -3.84. The molecule has 2 heterocycles. The van der Waals surface area contributed by atoms with Gasteiger partial charge in [-0.15, -0.1) is 0 Å². The van der Waals surface area contributed by atoms with Crippen LogP contribution >= 0.6 is 11.3 Å². The number of thiazole rings is 1. The van der Waals surface area contributed by atoms with Crippen LogP contribution in [0.25, 0.3) is 10.2 Å². The van der Waals surface area contributed by atoms with E-state index >= 15 is 0 Å². The van der Waals surface area contributed by atoms with Gasteiger partial charge in [0.05, 0.1) is 21.1 Å². The molecular formula is C26H33N5O7S3. The number of rotatable bonds is 9. The molecule has 0 radical (unpaired) electrons. The molecule has 0 aliphatic carbocycles. The smallest absolute Gasteiger partial charge is 0.409 e. The molecule has 0 spiro atoms. The molecule has 1 aliphatic heterocycles. The van der Waals surface area contributed by atoms with Gasteiger partial charge in [-0.25, -0.2) is 26.6 Å². The number of hydrogen-bond acceptors (Lipinski definition) is 10. The van der Waals surface area contributed by atoms with Crippen molar-refractivity contribution in [3.8, 4) is 0 Å². The van der Waals surface area contributed by atoms with Crippen molar-refractivity contribution in [3.05, 3.63) is 48.0 Å². The van der Waals surface area contributed by atoms with Gasteiger partial charge in [-0.3, -0.25) is 9.69 Å². The second-order valence-corrected chi connectivity index (χ2v) is 14.7. The van der Waals surface area contributed by atoms with Crippen molar-refractivity contribution in [1.29, 1.82) is 0 Å². The summed E-state index contributed by atoms with van der Waals surface area (Å²) in [4.78, 5) is 35.2. The van der Waals surface area contributed by atoms with E-state index in [1.165, 1.54) is 55.8 Å². The highest BCUT2D eigenvalue weighted by Crippen LogP contribution is 2.33. The molecule has 222 valence electrons. The maximum Gasteiger partial charge on any atom is 0.409 e. The predicted octanol–water partition coefficient (Wildman–Crippen LogP) is 2.37. The number of benzene rings is 2. The molecule has 1 aliphatic rings. The molecule has 0 N–H and O–H groups in total. The van der Waals surface area contributed by atoms with E-state index in [4.69, 9.17) is 4.74 Å². The first-order valence-electron chi connectivity index (χ1n) is 12.9. The Bertz CT molecular complexity index is 1630. The number of sulfonamides is 1. The SMILES string of the molecule is CCOC(=O)N1CCN(S(=O)(=O)c2ccc(C(=O)N(CCN(C)C)c3nc4c(S(C)(=O)=O)cccc4s3)cc2)CC1. The topological polar surface area (TPSA) is 138 Å². The van der Waals surface area contributed by atoms with Crippen LogP contribution in [0.4, 0.5) is 9.93 Å². The Morgan fingerprint density at radius 2 is 1.63 bits per heavy atom. The molecular weight excluding hydrogens is 591 g/mol. The summed E-state index contributed by atoms with van der Waals surface area (Å²) in [7, 11) is -3.63. The third kappa shape index (κ3) is 6.86. The number of fused-ring (bicyclic) bond motifs is 1. The lowest BCUT2D eigenvalue weighted by Gasteiger charge is -2.33. The average molecular weight is 624 g/mol. The standard InChI is InChI=1S/C26H33N5O7S3/c1-5-38-26(33)29-14-16-30(17-15-29)41(36,37)20-11-9-19(10-12-20)24(32)31(18-13-28(2)3)25-27-23-21(39-25)7-6-8-22(23)40(4,34)35/h6-12H,5,13-18H2,1-4H3. The van der Waals surface area contributed by atoms with Gasteiger partial charge in [0.1, 0.15) is 5.52 Å². The van der Waals surface area contributed by atoms with Gasteiger partial charge in [0, 0.05) is 51.1 Å². The molecule has 0 bridgehead atoms. The Balaban J connectivity index is 1.57. The van der Waals surface area contributed by atoms with Crippen LogP contribution in [0.1, 0.15) is 17.3 Å². The minimum Gasteiger partial charge on any atom is -0.450 e. The van der Waals surface area contributed by atoms with Crippen LogP contribution in [0.2, 0.25) is 0 Å². The number of sulfone groups is 1. The zero-order valence-corrected chi connectivity index (χ0v) is 25.8.